The highest BCUT2D eigenvalue weighted by atomic mass is 19.1. The average Bonchev–Trinajstić information content (AvgIpc) is 3.41. The van der Waals surface area contributed by atoms with E-state index in [-0.39, 0.29) is 17.7 Å². The molecule has 0 saturated heterocycles. The smallest absolute Gasteiger partial charge is 0.253 e. The summed E-state index contributed by atoms with van der Waals surface area (Å²) in [4.78, 5) is 36.1. The lowest BCUT2D eigenvalue weighted by Gasteiger charge is -2.07. The lowest BCUT2D eigenvalue weighted by Crippen LogP contribution is -2.19. The third-order valence-corrected chi connectivity index (χ3v) is 5.53. The summed E-state index contributed by atoms with van der Waals surface area (Å²) in [7, 11) is 1.52. The molecule has 1 aliphatic rings. The average molecular weight is 433 g/mol. The first kappa shape index (κ1) is 19.9. The minimum absolute atomic E-state index is 0.00914. The summed E-state index contributed by atoms with van der Waals surface area (Å²) < 4.78 is 16.6. The lowest BCUT2D eigenvalue weighted by molar-refractivity contribution is -0.117. The fraction of sp³-hybridized carbons (Fsp3) is 0.227. The molecule has 3 heterocycles. The van der Waals surface area contributed by atoms with E-state index in [1.807, 2.05) is 0 Å². The van der Waals surface area contributed by atoms with Crippen LogP contribution in [0.1, 0.15) is 29.0 Å². The molecule has 9 nitrogen and oxygen atoms in total. The summed E-state index contributed by atoms with van der Waals surface area (Å²) in [6, 6.07) is 6.43. The number of hydrogen-bond acceptors (Lipinski definition) is 5. The molecule has 0 aliphatic heterocycles. The first-order chi connectivity index (χ1) is 15.5. The van der Waals surface area contributed by atoms with Crippen LogP contribution < -0.4 is 10.6 Å². The van der Waals surface area contributed by atoms with Crippen molar-refractivity contribution in [3.63, 3.8) is 0 Å². The molecule has 0 spiro atoms. The van der Waals surface area contributed by atoms with Crippen molar-refractivity contribution in [2.75, 3.05) is 12.4 Å². The number of rotatable bonds is 5. The SMILES string of the molecule is CNC(=O)c1cnc(NC(=O)C2CC2)c2[nH]c(-c3ccc(-n4ncnc4C)cc3F)cc12. The number of anilines is 1. The van der Waals surface area contributed by atoms with Crippen molar-refractivity contribution >= 4 is 28.5 Å². The number of nitrogens with zero attached hydrogens (tertiary/aromatic N) is 4. The molecule has 3 aromatic heterocycles. The molecule has 1 aliphatic carbocycles. The predicted octanol–water partition coefficient (Wildman–Crippen LogP) is 2.97. The highest BCUT2D eigenvalue weighted by Gasteiger charge is 2.30. The number of benzene rings is 1. The Morgan fingerprint density at radius 1 is 1.22 bits per heavy atom. The Morgan fingerprint density at radius 2 is 2.03 bits per heavy atom. The van der Waals surface area contributed by atoms with Crippen LogP contribution in [0, 0.1) is 18.7 Å². The Bertz CT molecular complexity index is 1370. The Hall–Kier alpha value is -4.08. The second-order valence-electron chi connectivity index (χ2n) is 7.72. The maximum absolute atomic E-state index is 15.1. The van der Waals surface area contributed by atoms with E-state index in [9.17, 15) is 9.59 Å². The quantitative estimate of drug-likeness (QED) is 0.447. The van der Waals surface area contributed by atoms with Crippen LogP contribution in [0.25, 0.3) is 27.8 Å². The van der Waals surface area contributed by atoms with Gasteiger partial charge in [-0.2, -0.15) is 5.10 Å². The Balaban J connectivity index is 1.60. The third-order valence-electron chi connectivity index (χ3n) is 5.53. The first-order valence-electron chi connectivity index (χ1n) is 10.2. The molecule has 10 heteroatoms. The van der Waals surface area contributed by atoms with Gasteiger partial charge in [-0.1, -0.05) is 0 Å². The maximum Gasteiger partial charge on any atom is 0.253 e. The molecule has 4 aromatic rings. The standard InChI is InChI=1S/C22H20FN7O2/c1-11-26-10-27-30(11)13-5-6-14(17(23)7-13)18-8-15-16(22(32)24-2)9-25-20(19(15)28-18)29-21(31)12-3-4-12/h5-10,12,28H,3-4H2,1-2H3,(H,24,32)(H,25,29,31). The summed E-state index contributed by atoms with van der Waals surface area (Å²) >= 11 is 0. The number of halogens is 1. The van der Waals surface area contributed by atoms with Gasteiger partial charge in [0.1, 0.15) is 18.0 Å². The molecule has 1 saturated carbocycles. The van der Waals surface area contributed by atoms with E-state index in [1.165, 1.54) is 30.3 Å². The zero-order valence-corrected chi connectivity index (χ0v) is 17.4. The summed E-state index contributed by atoms with van der Waals surface area (Å²) in [5, 5.41) is 10.0. The maximum atomic E-state index is 15.1. The van der Waals surface area contributed by atoms with Crippen molar-refractivity contribution in [2.24, 2.45) is 5.92 Å². The van der Waals surface area contributed by atoms with E-state index >= 15 is 4.39 Å². The van der Waals surface area contributed by atoms with Crippen molar-refractivity contribution in [1.82, 2.24) is 30.0 Å². The molecule has 0 atom stereocenters. The van der Waals surface area contributed by atoms with Gasteiger partial charge >= 0.3 is 0 Å². The van der Waals surface area contributed by atoms with Gasteiger partial charge in [0.2, 0.25) is 5.91 Å². The Kier molecular flexibility index (Phi) is 4.69. The summed E-state index contributed by atoms with van der Waals surface area (Å²) in [5.41, 5.74) is 2.10. The second-order valence-corrected chi connectivity index (χ2v) is 7.72. The van der Waals surface area contributed by atoms with Crippen LogP contribution in [0.15, 0.2) is 36.8 Å². The summed E-state index contributed by atoms with van der Waals surface area (Å²) in [5.74, 6) is 0.0326. The largest absolute Gasteiger partial charge is 0.355 e. The van der Waals surface area contributed by atoms with Gasteiger partial charge in [-0.05, 0) is 38.0 Å². The number of aryl methyl sites for hydroxylation is 1. The van der Waals surface area contributed by atoms with Crippen molar-refractivity contribution in [2.45, 2.75) is 19.8 Å². The number of fused-ring (bicyclic) bond motifs is 1. The topological polar surface area (TPSA) is 118 Å². The van der Waals surface area contributed by atoms with E-state index in [0.29, 0.717) is 45.1 Å². The van der Waals surface area contributed by atoms with Gasteiger partial charge in [-0.3, -0.25) is 9.59 Å². The molecule has 0 radical (unpaired) electrons. The molecule has 1 fully saturated rings. The number of carbonyl (C=O) groups is 2. The van der Waals surface area contributed by atoms with Gasteiger partial charge in [0.15, 0.2) is 5.82 Å². The number of pyridine rings is 1. The molecule has 0 bridgehead atoms. The number of carbonyl (C=O) groups excluding carboxylic acids is 2. The van der Waals surface area contributed by atoms with Crippen molar-refractivity contribution in [1.29, 1.82) is 0 Å². The third kappa shape index (κ3) is 3.39. The van der Waals surface area contributed by atoms with E-state index in [2.05, 4.69) is 30.7 Å². The van der Waals surface area contributed by atoms with Crippen LogP contribution in [0.2, 0.25) is 0 Å². The van der Waals surface area contributed by atoms with E-state index in [4.69, 9.17) is 0 Å². The number of aromatic amines is 1. The lowest BCUT2D eigenvalue weighted by atomic mass is 10.1. The Morgan fingerprint density at radius 3 is 2.69 bits per heavy atom. The first-order valence-corrected chi connectivity index (χ1v) is 10.2. The molecule has 32 heavy (non-hydrogen) atoms. The van der Waals surface area contributed by atoms with Crippen LogP contribution in [0.5, 0.6) is 0 Å². The van der Waals surface area contributed by atoms with E-state index in [0.717, 1.165) is 12.8 Å². The zero-order chi connectivity index (χ0) is 22.4. The number of H-pyrrole nitrogens is 1. The number of nitrogens with one attached hydrogen (secondary N) is 3. The molecule has 3 N–H and O–H groups in total. The van der Waals surface area contributed by atoms with Crippen molar-refractivity contribution in [3.8, 4) is 16.9 Å². The molecule has 5 rings (SSSR count). The van der Waals surface area contributed by atoms with E-state index in [1.54, 1.807) is 25.1 Å². The van der Waals surface area contributed by atoms with Gasteiger partial charge in [0.05, 0.1) is 16.8 Å². The van der Waals surface area contributed by atoms with Gasteiger partial charge in [-0.15, -0.1) is 0 Å². The molecule has 162 valence electrons. The Labute approximate surface area is 182 Å². The summed E-state index contributed by atoms with van der Waals surface area (Å²) in [6.07, 6.45) is 4.52. The molecular weight excluding hydrogens is 413 g/mol. The van der Waals surface area contributed by atoms with Crippen LogP contribution >= 0.6 is 0 Å². The second kappa shape index (κ2) is 7.56. The molecular formula is C22H20FN7O2. The normalized spacial score (nSPS) is 13.3. The van der Waals surface area contributed by atoms with E-state index < -0.39 is 5.82 Å². The van der Waals surface area contributed by atoms with Crippen molar-refractivity contribution < 1.29 is 14.0 Å². The monoisotopic (exact) mass is 433 g/mol. The highest BCUT2D eigenvalue weighted by Crippen LogP contribution is 2.34. The zero-order valence-electron chi connectivity index (χ0n) is 17.4. The van der Waals surface area contributed by atoms with Gasteiger partial charge < -0.3 is 15.6 Å². The minimum Gasteiger partial charge on any atom is -0.355 e. The van der Waals surface area contributed by atoms with Gasteiger partial charge in [0, 0.05) is 41.9 Å². The van der Waals surface area contributed by atoms with Crippen LogP contribution in [0.3, 0.4) is 0 Å². The van der Waals surface area contributed by atoms with Gasteiger partial charge in [-0.25, -0.2) is 19.0 Å². The number of hydrogen-bond donors (Lipinski definition) is 3. The molecule has 2 amide bonds. The fourth-order valence-corrected chi connectivity index (χ4v) is 3.64. The van der Waals surface area contributed by atoms with Gasteiger partial charge in [0.25, 0.3) is 5.91 Å². The van der Waals surface area contributed by atoms with Crippen molar-refractivity contribution in [3.05, 3.63) is 54.0 Å². The predicted molar refractivity (Wildman–Crippen MR) is 116 cm³/mol. The fourth-order valence-electron chi connectivity index (χ4n) is 3.64. The van der Waals surface area contributed by atoms with Crippen LogP contribution in [-0.4, -0.2) is 43.6 Å². The summed E-state index contributed by atoms with van der Waals surface area (Å²) in [6.45, 7) is 1.78. The van der Waals surface area contributed by atoms with Crippen LogP contribution in [-0.2, 0) is 4.79 Å². The molecule has 1 aromatic carbocycles. The molecule has 0 unspecified atom stereocenters. The minimum atomic E-state index is -0.470. The van der Waals surface area contributed by atoms with Crippen LogP contribution in [0.4, 0.5) is 10.2 Å². The highest BCUT2D eigenvalue weighted by molar-refractivity contribution is 6.11. The number of amides is 2. The number of aromatic nitrogens is 5.